The molecule has 1 aliphatic carbocycles. The molecule has 3 aliphatic heterocycles. The summed E-state index contributed by atoms with van der Waals surface area (Å²) in [6, 6.07) is 0. The monoisotopic (exact) mass is 501 g/mol. The first-order valence-electron chi connectivity index (χ1n) is 12.4. The molecule has 194 valence electrons. The maximum atomic E-state index is 12.8. The van der Waals surface area contributed by atoms with E-state index >= 15 is 0 Å². The first kappa shape index (κ1) is 26.1. The predicted molar refractivity (Wildman–Crippen MR) is 126 cm³/mol. The lowest BCUT2D eigenvalue weighted by Crippen LogP contribution is -2.57. The predicted octanol–water partition coefficient (Wildman–Crippen LogP) is 3.74. The fourth-order valence-electron chi connectivity index (χ4n) is 5.79. The number of hydrogen-bond acceptors (Lipinski definition) is 7. The van der Waals surface area contributed by atoms with Gasteiger partial charge in [0, 0.05) is 20.2 Å². The molecule has 0 aromatic rings. The Balaban J connectivity index is 1.32. The van der Waals surface area contributed by atoms with Crippen LogP contribution in [0.1, 0.15) is 53.4 Å². The van der Waals surface area contributed by atoms with Crippen molar-refractivity contribution in [3.05, 3.63) is 11.6 Å². The molecule has 0 aromatic heterocycles. The third kappa shape index (κ3) is 5.40. The number of ether oxygens (including phenoxy) is 4. The van der Waals surface area contributed by atoms with Crippen molar-refractivity contribution in [2.45, 2.75) is 82.9 Å². The molecule has 1 spiro atoms. The van der Waals surface area contributed by atoms with Gasteiger partial charge in [-0.05, 0) is 59.3 Å². The lowest BCUT2D eigenvalue weighted by atomic mass is 9.68. The third-order valence-corrected chi connectivity index (χ3v) is 9.34. The van der Waals surface area contributed by atoms with E-state index in [4.69, 9.17) is 23.5 Å². The highest BCUT2D eigenvalue weighted by atomic mass is 31.2. The zero-order valence-electron chi connectivity index (χ0n) is 21.0. The maximum absolute atomic E-state index is 12.8. The smallest absolute Gasteiger partial charge is 0.410 e. The molecule has 4 rings (SSSR count). The fourth-order valence-corrected chi connectivity index (χ4v) is 7.01. The number of rotatable bonds is 10. The fraction of sp³-hybridized carbons (Fsp3) is 0.875. The summed E-state index contributed by atoms with van der Waals surface area (Å²) in [7, 11) is -1.86. The minimum absolute atomic E-state index is 0.00600. The van der Waals surface area contributed by atoms with E-state index in [9.17, 15) is 14.3 Å². The van der Waals surface area contributed by atoms with Gasteiger partial charge in [0.2, 0.25) is 0 Å². The highest BCUT2D eigenvalue weighted by Crippen LogP contribution is 2.59. The quantitative estimate of drug-likeness (QED) is 0.274. The van der Waals surface area contributed by atoms with Gasteiger partial charge in [-0.3, -0.25) is 4.57 Å². The van der Waals surface area contributed by atoms with E-state index in [1.54, 1.807) is 18.9 Å². The molecular weight excluding hydrogens is 461 g/mol. The summed E-state index contributed by atoms with van der Waals surface area (Å²) in [5, 5.41) is 0. The van der Waals surface area contributed by atoms with E-state index in [1.165, 1.54) is 5.57 Å². The molecule has 0 bridgehead atoms. The van der Waals surface area contributed by atoms with Gasteiger partial charge < -0.3 is 33.3 Å². The number of amides is 1. The molecule has 1 saturated carbocycles. The van der Waals surface area contributed by atoms with Crippen molar-refractivity contribution >= 4 is 13.7 Å². The molecule has 4 fully saturated rings. The van der Waals surface area contributed by atoms with Crippen molar-refractivity contribution < 1.29 is 37.7 Å². The normalized spacial score (nSPS) is 38.7. The Labute approximate surface area is 202 Å². The second kappa shape index (κ2) is 9.83. The van der Waals surface area contributed by atoms with Gasteiger partial charge in [0.25, 0.3) is 0 Å². The number of epoxide rings is 2. The summed E-state index contributed by atoms with van der Waals surface area (Å²) in [6.45, 7) is 9.95. The summed E-state index contributed by atoms with van der Waals surface area (Å²) in [6.07, 6.45) is 4.30. The van der Waals surface area contributed by atoms with Gasteiger partial charge in [-0.25, -0.2) is 4.79 Å². The lowest BCUT2D eigenvalue weighted by molar-refractivity contribution is -0.124. The lowest BCUT2D eigenvalue weighted by Gasteiger charge is -2.44. The molecule has 7 atom stereocenters. The second-order valence-corrected chi connectivity index (χ2v) is 12.6. The second-order valence-electron chi connectivity index (χ2n) is 10.6. The minimum atomic E-state index is -3.53. The Hall–Kier alpha value is -0.960. The van der Waals surface area contributed by atoms with Crippen LogP contribution in [0.2, 0.25) is 0 Å². The van der Waals surface area contributed by atoms with Gasteiger partial charge in [-0.2, -0.15) is 0 Å². The summed E-state index contributed by atoms with van der Waals surface area (Å²) >= 11 is 0. The molecule has 1 unspecified atom stereocenters. The number of methoxy groups -OCH3 is 1. The molecule has 0 radical (unpaired) electrons. The number of carbonyl (C=O) groups is 1. The van der Waals surface area contributed by atoms with Crippen LogP contribution in [0.5, 0.6) is 0 Å². The van der Waals surface area contributed by atoms with Crippen LogP contribution >= 0.6 is 7.60 Å². The van der Waals surface area contributed by atoms with E-state index in [0.29, 0.717) is 32.5 Å². The van der Waals surface area contributed by atoms with E-state index in [2.05, 4.69) is 26.8 Å². The Morgan fingerprint density at radius 2 is 2.03 bits per heavy atom. The first-order valence-corrected chi connectivity index (χ1v) is 14.2. The van der Waals surface area contributed by atoms with Crippen LogP contribution in [-0.4, -0.2) is 85.0 Å². The molecule has 3 saturated heterocycles. The van der Waals surface area contributed by atoms with Crippen molar-refractivity contribution in [3.8, 4) is 0 Å². The Morgan fingerprint density at radius 3 is 2.62 bits per heavy atom. The number of nitrogens with zero attached hydrogens (tertiary/aromatic N) is 1. The number of allylic oxidation sites excluding steroid dienone is 1. The van der Waals surface area contributed by atoms with E-state index in [1.807, 2.05) is 0 Å². The van der Waals surface area contributed by atoms with Crippen molar-refractivity contribution in [2.75, 3.05) is 39.6 Å². The molecule has 1 amide bonds. The van der Waals surface area contributed by atoms with Crippen LogP contribution in [0, 0.1) is 11.8 Å². The van der Waals surface area contributed by atoms with Gasteiger partial charge in [0.05, 0.1) is 31.4 Å². The Kier molecular flexibility index (Phi) is 7.55. The van der Waals surface area contributed by atoms with Gasteiger partial charge in [-0.15, -0.1) is 0 Å². The van der Waals surface area contributed by atoms with Gasteiger partial charge in [0.1, 0.15) is 23.4 Å². The standard InChI is InChI=1S/C24H40NO8P/c1-6-31-34(27,28)12-10-17-13-25(14-17)22(26)32-18-9-11-24(15-30-24)21(20(18)29-5)23(4)19(33-23)8-7-16(2)3/h7,17-21H,6,8-15H2,1-5H3,(H,27,28)/t18-,19-,20-,21-,23+,24+/m1/s1. The summed E-state index contributed by atoms with van der Waals surface area (Å²) in [5.41, 5.74) is 0.648. The number of likely N-dealkylation sites (tertiary alicyclic amines) is 1. The van der Waals surface area contributed by atoms with Crippen LogP contribution < -0.4 is 0 Å². The van der Waals surface area contributed by atoms with E-state index < -0.39 is 7.60 Å². The van der Waals surface area contributed by atoms with Crippen LogP contribution in [0.4, 0.5) is 4.79 Å². The number of carbonyl (C=O) groups excluding carboxylic acids is 1. The van der Waals surface area contributed by atoms with Gasteiger partial charge >= 0.3 is 13.7 Å². The first-order chi connectivity index (χ1) is 16.0. The topological polar surface area (TPSA) is 110 Å². The van der Waals surface area contributed by atoms with Crippen molar-refractivity contribution in [1.29, 1.82) is 0 Å². The molecule has 9 nitrogen and oxygen atoms in total. The summed E-state index contributed by atoms with van der Waals surface area (Å²) in [5.74, 6) is 0.178. The third-order valence-electron chi connectivity index (χ3n) is 7.86. The van der Waals surface area contributed by atoms with Gasteiger partial charge in [-0.1, -0.05) is 11.6 Å². The molecule has 3 heterocycles. The number of hydrogen-bond donors (Lipinski definition) is 1. The van der Waals surface area contributed by atoms with Crippen molar-refractivity contribution in [2.24, 2.45) is 11.8 Å². The zero-order chi connectivity index (χ0) is 24.7. The summed E-state index contributed by atoms with van der Waals surface area (Å²) < 4.78 is 40.8. The maximum Gasteiger partial charge on any atom is 0.410 e. The molecule has 10 heteroatoms. The largest absolute Gasteiger partial charge is 0.443 e. The highest BCUT2D eigenvalue weighted by molar-refractivity contribution is 7.52. The van der Waals surface area contributed by atoms with Crippen molar-refractivity contribution in [1.82, 2.24) is 4.90 Å². The Morgan fingerprint density at radius 1 is 1.32 bits per heavy atom. The molecule has 4 aliphatic rings. The molecular formula is C24H40NO8P. The average Bonchev–Trinajstić information content (AvgIpc) is 3.64. The van der Waals surface area contributed by atoms with Crippen LogP contribution in [0.3, 0.4) is 0 Å². The van der Waals surface area contributed by atoms with E-state index in [0.717, 1.165) is 12.8 Å². The zero-order valence-corrected chi connectivity index (χ0v) is 21.9. The van der Waals surface area contributed by atoms with Crippen LogP contribution in [-0.2, 0) is 28.0 Å². The molecule has 1 N–H and O–H groups in total. The van der Waals surface area contributed by atoms with Crippen molar-refractivity contribution in [3.63, 3.8) is 0 Å². The SMILES string of the molecule is CCOP(=O)(O)CCC1CN(C(=O)O[C@@H]2CC[C@]3(CO3)[C@@H]([C@@]3(C)O[C@@H]3CC=C(C)C)[C@@H]2OC)C1. The van der Waals surface area contributed by atoms with E-state index in [-0.39, 0.29) is 60.2 Å². The van der Waals surface area contributed by atoms with Gasteiger partial charge in [0.15, 0.2) is 0 Å². The molecule has 0 aromatic carbocycles. The molecule has 34 heavy (non-hydrogen) atoms. The minimum Gasteiger partial charge on any atom is -0.443 e. The van der Waals surface area contributed by atoms with Crippen LogP contribution in [0.15, 0.2) is 11.6 Å². The summed E-state index contributed by atoms with van der Waals surface area (Å²) in [4.78, 5) is 24.2. The highest BCUT2D eigenvalue weighted by Gasteiger charge is 2.72. The van der Waals surface area contributed by atoms with Crippen LogP contribution in [0.25, 0.3) is 0 Å². The Bertz CT molecular complexity index is 835. The average molecular weight is 502 g/mol.